The van der Waals surface area contributed by atoms with Gasteiger partial charge in [-0.15, -0.1) is 0 Å². The molecule has 190 valence electrons. The van der Waals surface area contributed by atoms with E-state index in [9.17, 15) is 4.79 Å². The van der Waals surface area contributed by atoms with E-state index >= 15 is 0 Å². The van der Waals surface area contributed by atoms with Crippen LogP contribution in [0.3, 0.4) is 0 Å². The summed E-state index contributed by atoms with van der Waals surface area (Å²) in [5.41, 5.74) is 3.40. The molecule has 4 aromatic rings. The van der Waals surface area contributed by atoms with Gasteiger partial charge in [-0.1, -0.05) is 63.4 Å². The van der Waals surface area contributed by atoms with E-state index < -0.39 is 5.54 Å². The number of rotatable bonds is 10. The van der Waals surface area contributed by atoms with E-state index in [0.717, 1.165) is 46.4 Å². The second-order valence-electron chi connectivity index (χ2n) is 9.11. The van der Waals surface area contributed by atoms with Crippen LogP contribution in [-0.4, -0.2) is 22.0 Å². The summed E-state index contributed by atoms with van der Waals surface area (Å²) in [4.78, 5) is 17.8. The molecule has 1 aliphatic rings. The molecule has 5 rings (SSSR count). The summed E-state index contributed by atoms with van der Waals surface area (Å²) >= 11 is 16.2. The molecule has 0 saturated heterocycles. The summed E-state index contributed by atoms with van der Waals surface area (Å²) in [6.45, 7) is 2.41. The van der Waals surface area contributed by atoms with Gasteiger partial charge >= 0.3 is 0 Å². The van der Waals surface area contributed by atoms with E-state index in [1.807, 2.05) is 61.1 Å². The Kier molecular flexibility index (Phi) is 7.86. The number of nitrogens with one attached hydrogen (secondary N) is 3. The fourth-order valence-corrected chi connectivity index (χ4v) is 5.46. The number of nitrogens with zero attached hydrogens (tertiary/aromatic N) is 2. The van der Waals surface area contributed by atoms with E-state index in [1.165, 1.54) is 0 Å². The third-order valence-corrected chi connectivity index (χ3v) is 7.46. The first-order valence-corrected chi connectivity index (χ1v) is 13.6. The number of amides is 1. The quantitative estimate of drug-likeness (QED) is 0.179. The van der Waals surface area contributed by atoms with Crippen molar-refractivity contribution in [1.82, 2.24) is 14.9 Å². The number of carbonyl (C=O) groups excluding carboxylic acids is 1. The fourth-order valence-electron chi connectivity index (χ4n) is 4.72. The minimum atomic E-state index is -1.04. The van der Waals surface area contributed by atoms with Crippen molar-refractivity contribution in [3.63, 3.8) is 0 Å². The minimum Gasteiger partial charge on any atom is -0.367 e. The molecule has 0 spiro atoms. The van der Waals surface area contributed by atoms with E-state index in [2.05, 4.69) is 47.5 Å². The summed E-state index contributed by atoms with van der Waals surface area (Å²) in [7, 11) is 0. The maximum atomic E-state index is 13.7. The second-order valence-corrected chi connectivity index (χ2v) is 10.9. The average molecular weight is 599 g/mol. The molecule has 2 heterocycles. The molecule has 0 bridgehead atoms. The van der Waals surface area contributed by atoms with Crippen molar-refractivity contribution >= 4 is 56.4 Å². The van der Waals surface area contributed by atoms with Crippen molar-refractivity contribution < 1.29 is 4.79 Å². The first-order valence-electron chi connectivity index (χ1n) is 12.0. The van der Waals surface area contributed by atoms with Gasteiger partial charge in [0.2, 0.25) is 0 Å². The zero-order valence-electron chi connectivity index (χ0n) is 20.0. The monoisotopic (exact) mass is 597 g/mol. The molecule has 6 nitrogen and oxygen atoms in total. The SMILES string of the molecule is O=C1Nc2cc(Cl)ccc2C1(Cc1cccc(Cl)c1)Nc1cc(Br)ccc1CNCCCn1ccnc1. The summed E-state index contributed by atoms with van der Waals surface area (Å²) in [6.07, 6.45) is 6.97. The van der Waals surface area contributed by atoms with Crippen LogP contribution in [0.4, 0.5) is 11.4 Å². The first-order chi connectivity index (χ1) is 17.9. The molecule has 1 atom stereocenters. The van der Waals surface area contributed by atoms with Gasteiger partial charge in [-0.25, -0.2) is 4.98 Å². The number of halogens is 3. The topological polar surface area (TPSA) is 71.0 Å². The Morgan fingerprint density at radius 1 is 1.05 bits per heavy atom. The standard InChI is InChI=1S/C28H26BrCl2N5O/c29-21-6-5-20(17-32-9-2-11-36-12-10-33-18-36)25(14-21)35-28(16-19-3-1-4-22(30)13-19)24-8-7-23(31)15-26(24)34-27(28)37/h1,3-8,10,12-15,18,32,35H,2,9,11,16-17H2,(H,34,37). The average Bonchev–Trinajstić information content (AvgIpc) is 3.46. The number of benzene rings is 3. The Labute approximate surface area is 234 Å². The van der Waals surface area contributed by atoms with Gasteiger partial charge in [0, 0.05) is 63.4 Å². The van der Waals surface area contributed by atoms with Crippen LogP contribution in [0.2, 0.25) is 10.0 Å². The Bertz CT molecular complexity index is 1410. The van der Waals surface area contributed by atoms with Crippen LogP contribution in [0.1, 0.15) is 23.1 Å². The lowest BCUT2D eigenvalue weighted by Crippen LogP contribution is -2.44. The van der Waals surface area contributed by atoms with Crippen LogP contribution >= 0.6 is 39.1 Å². The molecule has 3 N–H and O–H groups in total. The van der Waals surface area contributed by atoms with Gasteiger partial charge < -0.3 is 20.5 Å². The number of fused-ring (bicyclic) bond motifs is 1. The molecule has 1 unspecified atom stereocenters. The van der Waals surface area contributed by atoms with Gasteiger partial charge in [0.25, 0.3) is 5.91 Å². The van der Waals surface area contributed by atoms with Gasteiger partial charge in [-0.3, -0.25) is 4.79 Å². The van der Waals surface area contributed by atoms with Gasteiger partial charge in [-0.2, -0.15) is 0 Å². The third-order valence-electron chi connectivity index (χ3n) is 6.50. The summed E-state index contributed by atoms with van der Waals surface area (Å²) in [5.74, 6) is -0.135. The number of hydrogen-bond donors (Lipinski definition) is 3. The lowest BCUT2D eigenvalue weighted by atomic mass is 9.84. The van der Waals surface area contributed by atoms with Gasteiger partial charge in [0.05, 0.1) is 6.33 Å². The maximum absolute atomic E-state index is 13.7. The maximum Gasteiger partial charge on any atom is 0.255 e. The van der Waals surface area contributed by atoms with E-state index in [0.29, 0.717) is 28.7 Å². The molecule has 37 heavy (non-hydrogen) atoms. The smallest absolute Gasteiger partial charge is 0.255 e. The summed E-state index contributed by atoms with van der Waals surface area (Å²) in [5, 5.41) is 11.4. The van der Waals surface area contributed by atoms with Gasteiger partial charge in [0.15, 0.2) is 0 Å². The lowest BCUT2D eigenvalue weighted by molar-refractivity contribution is -0.119. The zero-order valence-corrected chi connectivity index (χ0v) is 23.1. The summed E-state index contributed by atoms with van der Waals surface area (Å²) in [6, 6.07) is 19.2. The van der Waals surface area contributed by atoms with Crippen LogP contribution in [0.15, 0.2) is 83.9 Å². The van der Waals surface area contributed by atoms with Crippen LogP contribution < -0.4 is 16.0 Å². The molecule has 0 saturated carbocycles. The summed E-state index contributed by atoms with van der Waals surface area (Å²) < 4.78 is 2.99. The van der Waals surface area contributed by atoms with Crippen molar-refractivity contribution in [3.8, 4) is 0 Å². The van der Waals surface area contributed by atoms with Crippen LogP contribution in [0, 0.1) is 0 Å². The predicted molar refractivity (Wildman–Crippen MR) is 153 cm³/mol. The van der Waals surface area contributed by atoms with Crippen molar-refractivity contribution in [1.29, 1.82) is 0 Å². The Balaban J connectivity index is 1.43. The molecule has 1 aromatic heterocycles. The first kappa shape index (κ1) is 25.8. The number of aryl methyl sites for hydroxylation is 1. The molecule has 1 amide bonds. The highest BCUT2D eigenvalue weighted by Crippen LogP contribution is 2.43. The zero-order chi connectivity index (χ0) is 25.8. The molecule has 3 aromatic carbocycles. The van der Waals surface area contributed by atoms with Gasteiger partial charge in [-0.05, 0) is 60.5 Å². The van der Waals surface area contributed by atoms with Crippen molar-refractivity contribution in [2.45, 2.75) is 31.5 Å². The van der Waals surface area contributed by atoms with E-state index in [1.54, 1.807) is 12.3 Å². The second kappa shape index (κ2) is 11.3. The lowest BCUT2D eigenvalue weighted by Gasteiger charge is -2.31. The van der Waals surface area contributed by atoms with Gasteiger partial charge in [0.1, 0.15) is 5.54 Å². The predicted octanol–water partition coefficient (Wildman–Crippen LogP) is 6.63. The van der Waals surface area contributed by atoms with E-state index in [4.69, 9.17) is 23.2 Å². The highest BCUT2D eigenvalue weighted by atomic mass is 79.9. The largest absolute Gasteiger partial charge is 0.367 e. The van der Waals surface area contributed by atoms with Crippen molar-refractivity contribution in [2.24, 2.45) is 0 Å². The Morgan fingerprint density at radius 3 is 2.73 bits per heavy atom. The highest BCUT2D eigenvalue weighted by molar-refractivity contribution is 9.10. The normalized spacial score (nSPS) is 16.5. The molecule has 0 fully saturated rings. The van der Waals surface area contributed by atoms with Crippen LogP contribution in [-0.2, 0) is 29.8 Å². The number of carbonyl (C=O) groups is 1. The highest BCUT2D eigenvalue weighted by Gasteiger charge is 2.47. The molecular weight excluding hydrogens is 573 g/mol. The molecule has 0 aliphatic carbocycles. The molecule has 9 heteroatoms. The van der Waals surface area contributed by atoms with Crippen LogP contribution in [0.25, 0.3) is 0 Å². The molecule has 1 aliphatic heterocycles. The van der Waals surface area contributed by atoms with Crippen molar-refractivity contribution in [3.05, 3.63) is 111 Å². The molecular formula is C28H26BrCl2N5O. The number of anilines is 2. The van der Waals surface area contributed by atoms with E-state index in [-0.39, 0.29) is 5.91 Å². The Morgan fingerprint density at radius 2 is 1.92 bits per heavy atom. The third kappa shape index (κ3) is 5.85. The fraction of sp³-hybridized carbons (Fsp3) is 0.214. The molecule has 0 radical (unpaired) electrons. The van der Waals surface area contributed by atoms with Crippen LogP contribution in [0.5, 0.6) is 0 Å². The number of hydrogen-bond acceptors (Lipinski definition) is 4. The number of aromatic nitrogens is 2. The van der Waals surface area contributed by atoms with Crippen molar-refractivity contribution in [2.75, 3.05) is 17.2 Å². The number of imidazole rings is 1. The Hall–Kier alpha value is -2.84. The minimum absolute atomic E-state index is 0.135.